The molecular formula is C24H24O13. The number of phenols is 4. The average Bonchev–Trinajstić information content (AvgIpc) is 2.80. The summed E-state index contributed by atoms with van der Waals surface area (Å²) in [7, 11) is 1.21. The molecule has 0 spiro atoms. The van der Waals surface area contributed by atoms with Gasteiger partial charge in [-0.3, -0.25) is 9.59 Å². The minimum Gasteiger partial charge on any atom is -0.508 e. The molecule has 13 heteroatoms. The van der Waals surface area contributed by atoms with E-state index < -0.39 is 82.0 Å². The number of carbonyl (C=O) groups excluding carboxylic acids is 1. The van der Waals surface area contributed by atoms with Gasteiger partial charge in [0.05, 0.1) is 13.2 Å². The number of aliphatic hydroxyl groups excluding tert-OH is 2. The van der Waals surface area contributed by atoms with Crippen molar-refractivity contribution in [2.24, 2.45) is 0 Å². The van der Waals surface area contributed by atoms with E-state index in [2.05, 4.69) is 0 Å². The number of benzene rings is 2. The van der Waals surface area contributed by atoms with E-state index in [9.17, 15) is 40.2 Å². The molecule has 4 rings (SSSR count). The quantitative estimate of drug-likeness (QED) is 0.261. The van der Waals surface area contributed by atoms with Crippen molar-refractivity contribution in [2.45, 2.75) is 44.6 Å². The molecule has 0 aliphatic carbocycles. The van der Waals surface area contributed by atoms with Gasteiger partial charge >= 0.3 is 5.97 Å². The summed E-state index contributed by atoms with van der Waals surface area (Å²) in [4.78, 5) is 24.8. The van der Waals surface area contributed by atoms with Crippen LogP contribution in [0.1, 0.15) is 13.8 Å². The number of methoxy groups -OCH3 is 1. The molecule has 1 saturated heterocycles. The number of ether oxygens (including phenoxy) is 4. The average molecular weight is 520 g/mol. The predicted molar refractivity (Wildman–Crippen MR) is 124 cm³/mol. The summed E-state index contributed by atoms with van der Waals surface area (Å²) in [5.41, 5.74) is -1.33. The van der Waals surface area contributed by atoms with Gasteiger partial charge in [-0.2, -0.15) is 0 Å². The minimum atomic E-state index is -1.81. The molecule has 3 aromatic rings. The molecule has 1 aliphatic rings. The van der Waals surface area contributed by atoms with Crippen molar-refractivity contribution in [1.29, 1.82) is 0 Å². The molecule has 1 fully saturated rings. The van der Waals surface area contributed by atoms with E-state index in [-0.39, 0.29) is 16.9 Å². The summed E-state index contributed by atoms with van der Waals surface area (Å²) in [6, 6.07) is 4.12. The molecule has 5 atom stereocenters. The highest BCUT2D eigenvalue weighted by Gasteiger charge is 2.46. The maximum atomic E-state index is 13.5. The molecule has 1 aromatic heterocycles. The summed E-state index contributed by atoms with van der Waals surface area (Å²) in [5, 5.41) is 61.4. The van der Waals surface area contributed by atoms with Crippen LogP contribution < -0.4 is 14.9 Å². The van der Waals surface area contributed by atoms with Gasteiger partial charge in [-0.05, 0) is 19.1 Å². The van der Waals surface area contributed by atoms with Gasteiger partial charge in [0, 0.05) is 24.6 Å². The summed E-state index contributed by atoms with van der Waals surface area (Å²) in [6.07, 6.45) is -7.37. The highest BCUT2D eigenvalue weighted by atomic mass is 16.7. The Labute approximate surface area is 208 Å². The normalized spacial score (nSPS) is 23.5. The molecule has 198 valence electrons. The molecule has 0 saturated carbocycles. The maximum Gasteiger partial charge on any atom is 0.303 e. The highest BCUT2D eigenvalue weighted by molar-refractivity contribution is 5.88. The third kappa shape index (κ3) is 4.67. The monoisotopic (exact) mass is 520 g/mol. The van der Waals surface area contributed by atoms with Crippen molar-refractivity contribution in [3.05, 3.63) is 34.5 Å². The van der Waals surface area contributed by atoms with Crippen LogP contribution in [0.5, 0.6) is 34.5 Å². The van der Waals surface area contributed by atoms with Gasteiger partial charge < -0.3 is 54.0 Å². The molecule has 6 N–H and O–H groups in total. The lowest BCUT2D eigenvalue weighted by atomic mass is 9.99. The Morgan fingerprint density at radius 3 is 2.19 bits per heavy atom. The molecule has 0 unspecified atom stereocenters. The third-order valence-electron chi connectivity index (χ3n) is 5.75. The zero-order valence-electron chi connectivity index (χ0n) is 19.7. The van der Waals surface area contributed by atoms with Crippen LogP contribution in [0, 0.1) is 0 Å². The number of aromatic hydroxyl groups is 4. The predicted octanol–water partition coefficient (Wildman–Crippen LogP) is 1.07. The van der Waals surface area contributed by atoms with Crippen LogP contribution in [0.4, 0.5) is 0 Å². The van der Waals surface area contributed by atoms with Crippen LogP contribution in [0.25, 0.3) is 22.3 Å². The molecule has 0 bridgehead atoms. The first kappa shape index (κ1) is 25.9. The summed E-state index contributed by atoms with van der Waals surface area (Å²) >= 11 is 0. The Balaban J connectivity index is 1.87. The Kier molecular flexibility index (Phi) is 6.78. The van der Waals surface area contributed by atoms with Gasteiger partial charge in [-0.15, -0.1) is 0 Å². The van der Waals surface area contributed by atoms with Gasteiger partial charge in [0.25, 0.3) is 0 Å². The van der Waals surface area contributed by atoms with Crippen molar-refractivity contribution in [3.63, 3.8) is 0 Å². The molecule has 0 radical (unpaired) electrons. The van der Waals surface area contributed by atoms with Gasteiger partial charge in [0.1, 0.15) is 34.7 Å². The van der Waals surface area contributed by atoms with E-state index in [1.165, 1.54) is 14.0 Å². The number of rotatable bonds is 5. The minimum absolute atomic E-state index is 0.0932. The summed E-state index contributed by atoms with van der Waals surface area (Å²) in [6.45, 7) is 2.56. The summed E-state index contributed by atoms with van der Waals surface area (Å²) in [5.74, 6) is -4.12. The van der Waals surface area contributed by atoms with Gasteiger partial charge in [0.2, 0.25) is 23.2 Å². The second-order valence-electron chi connectivity index (χ2n) is 8.36. The van der Waals surface area contributed by atoms with E-state index in [4.69, 9.17) is 23.4 Å². The Bertz CT molecular complexity index is 1390. The largest absolute Gasteiger partial charge is 0.508 e. The first-order valence-electron chi connectivity index (χ1n) is 10.9. The van der Waals surface area contributed by atoms with Gasteiger partial charge in [-0.25, -0.2) is 0 Å². The number of carbonyl (C=O) groups is 1. The van der Waals surface area contributed by atoms with Crippen LogP contribution in [0.3, 0.4) is 0 Å². The molecule has 2 aromatic carbocycles. The Morgan fingerprint density at radius 1 is 0.946 bits per heavy atom. The number of hydrogen-bond donors (Lipinski definition) is 6. The molecule has 37 heavy (non-hydrogen) atoms. The topological polar surface area (TPSA) is 206 Å². The van der Waals surface area contributed by atoms with Crippen LogP contribution >= 0.6 is 0 Å². The first-order chi connectivity index (χ1) is 17.4. The molecule has 1 aliphatic heterocycles. The van der Waals surface area contributed by atoms with Crippen molar-refractivity contribution in [3.8, 4) is 45.8 Å². The summed E-state index contributed by atoms with van der Waals surface area (Å²) < 4.78 is 26.9. The SMILES string of the molecule is COc1c(O)cc(-c2oc3cc(O)cc(O)c3c(=O)c2O[C@@H]2O[C@H](C)[C@H](OC(C)=O)[C@@H](O)[C@H]2O)cc1O. The lowest BCUT2D eigenvalue weighted by Crippen LogP contribution is -2.59. The Hall–Kier alpha value is -4.20. The highest BCUT2D eigenvalue weighted by Crippen LogP contribution is 2.43. The number of esters is 1. The van der Waals surface area contributed by atoms with Gasteiger partial charge in [0.15, 0.2) is 23.4 Å². The standard InChI is InChI=1S/C24H24O13/c1-8-20(35-9(2)25)18(31)19(32)24(34-8)37-23-17(30)16-12(27)6-11(26)7-15(16)36-21(23)10-4-13(28)22(33-3)14(29)5-10/h4-8,18-20,24,26-29,31-32H,1-3H3/t8-,18+,19-,20+,24+/m1/s1. The second kappa shape index (κ2) is 9.69. The fourth-order valence-electron chi connectivity index (χ4n) is 4.08. The zero-order chi connectivity index (χ0) is 27.2. The van der Waals surface area contributed by atoms with Crippen LogP contribution in [0.15, 0.2) is 33.5 Å². The van der Waals surface area contributed by atoms with Crippen molar-refractivity contribution in [2.75, 3.05) is 7.11 Å². The fraction of sp³-hybridized carbons (Fsp3) is 0.333. The lowest BCUT2D eigenvalue weighted by Gasteiger charge is -2.40. The van der Waals surface area contributed by atoms with E-state index in [0.717, 1.165) is 31.2 Å². The fourth-order valence-corrected chi connectivity index (χ4v) is 4.08. The van der Waals surface area contributed by atoms with Crippen molar-refractivity contribution >= 4 is 16.9 Å². The number of fused-ring (bicyclic) bond motifs is 1. The van der Waals surface area contributed by atoms with Crippen molar-refractivity contribution < 1.29 is 58.8 Å². The number of aliphatic hydroxyl groups is 2. The molecule has 2 heterocycles. The molecular weight excluding hydrogens is 496 g/mol. The van der Waals surface area contributed by atoms with E-state index in [0.29, 0.717) is 0 Å². The lowest BCUT2D eigenvalue weighted by molar-refractivity contribution is -0.272. The van der Waals surface area contributed by atoms with Crippen LogP contribution in [-0.4, -0.2) is 74.4 Å². The van der Waals surface area contributed by atoms with Crippen molar-refractivity contribution in [1.82, 2.24) is 0 Å². The Morgan fingerprint density at radius 2 is 1.59 bits per heavy atom. The molecule has 0 amide bonds. The smallest absolute Gasteiger partial charge is 0.303 e. The number of hydrogen-bond acceptors (Lipinski definition) is 13. The van der Waals surface area contributed by atoms with E-state index >= 15 is 0 Å². The van der Waals surface area contributed by atoms with E-state index in [1.54, 1.807) is 0 Å². The third-order valence-corrected chi connectivity index (χ3v) is 5.75. The maximum absolute atomic E-state index is 13.5. The first-order valence-corrected chi connectivity index (χ1v) is 10.9. The van der Waals surface area contributed by atoms with Gasteiger partial charge in [-0.1, -0.05) is 0 Å². The van der Waals surface area contributed by atoms with Crippen LogP contribution in [0.2, 0.25) is 0 Å². The van der Waals surface area contributed by atoms with Crippen LogP contribution in [-0.2, 0) is 14.3 Å². The molecule has 13 nitrogen and oxygen atoms in total. The van der Waals surface area contributed by atoms with E-state index in [1.807, 2.05) is 0 Å². The number of phenolic OH excluding ortho intramolecular Hbond substituents is 4. The zero-order valence-corrected chi connectivity index (χ0v) is 19.7. The second-order valence-corrected chi connectivity index (χ2v) is 8.36.